The topological polar surface area (TPSA) is 36.5 Å². The van der Waals surface area contributed by atoms with E-state index >= 15 is 0 Å². The average molecular weight is 289 g/mol. The molecule has 0 saturated heterocycles. The third-order valence-electron chi connectivity index (χ3n) is 3.47. The van der Waals surface area contributed by atoms with Crippen molar-refractivity contribution in [1.29, 1.82) is 0 Å². The molecule has 0 unspecified atom stereocenters. The van der Waals surface area contributed by atoms with Gasteiger partial charge in [-0.3, -0.25) is 0 Å². The molecule has 0 atom stereocenters. The van der Waals surface area contributed by atoms with E-state index in [1.165, 1.54) is 0 Å². The number of pyridine rings is 1. The smallest absolute Gasteiger partial charge is 0.245 e. The lowest BCUT2D eigenvalue weighted by Crippen LogP contribution is -2.34. The molecule has 1 aromatic heterocycles. The van der Waals surface area contributed by atoms with E-state index < -0.39 is 0 Å². The fourth-order valence-electron chi connectivity index (χ4n) is 2.31. The largest absolute Gasteiger partial charge is 0.507 e. The van der Waals surface area contributed by atoms with Gasteiger partial charge in [-0.15, -0.1) is 0 Å². The fraction of sp³-hybridized carbons (Fsp3) is 0.0526. The molecular weight excluding hydrogens is 272 g/mol. The monoisotopic (exact) mass is 289 g/mol. The van der Waals surface area contributed by atoms with Crippen LogP contribution in [0.5, 0.6) is 5.75 Å². The molecular formula is C19H17N2O+. The number of phenols is 1. The maximum atomic E-state index is 9.84. The summed E-state index contributed by atoms with van der Waals surface area (Å²) in [6, 6.07) is 23.3. The Kier molecular flexibility index (Phi) is 3.97. The van der Waals surface area contributed by atoms with E-state index in [1.807, 2.05) is 60.1 Å². The van der Waals surface area contributed by atoms with Gasteiger partial charge >= 0.3 is 0 Å². The molecule has 3 aromatic rings. The average Bonchev–Trinajstić information content (AvgIpc) is 2.56. The summed E-state index contributed by atoms with van der Waals surface area (Å²) < 4.78 is 1.88. The zero-order valence-electron chi connectivity index (χ0n) is 12.3. The number of rotatable bonds is 3. The van der Waals surface area contributed by atoms with Crippen LogP contribution in [-0.2, 0) is 0 Å². The Balaban J connectivity index is 2.06. The highest BCUT2D eigenvalue weighted by Crippen LogP contribution is 2.16. The summed E-state index contributed by atoms with van der Waals surface area (Å²) in [7, 11) is 0. The van der Waals surface area contributed by atoms with Gasteiger partial charge in [0.2, 0.25) is 11.4 Å². The Morgan fingerprint density at radius 3 is 2.36 bits per heavy atom. The van der Waals surface area contributed by atoms with Gasteiger partial charge in [0.1, 0.15) is 12.0 Å². The van der Waals surface area contributed by atoms with Gasteiger partial charge in [-0.1, -0.05) is 30.3 Å². The summed E-state index contributed by atoms with van der Waals surface area (Å²) in [5.74, 6) is 0.224. The number of aromatic hydroxyl groups is 1. The molecule has 108 valence electrons. The molecule has 0 aliphatic carbocycles. The maximum Gasteiger partial charge on any atom is 0.245 e. The molecule has 0 spiro atoms. The van der Waals surface area contributed by atoms with Gasteiger partial charge in [0, 0.05) is 30.2 Å². The van der Waals surface area contributed by atoms with Gasteiger partial charge in [0.05, 0.1) is 0 Å². The minimum atomic E-state index is 0.224. The van der Waals surface area contributed by atoms with Crippen LogP contribution in [0.3, 0.4) is 0 Å². The minimum Gasteiger partial charge on any atom is -0.507 e. The summed E-state index contributed by atoms with van der Waals surface area (Å²) >= 11 is 0. The zero-order chi connectivity index (χ0) is 15.4. The molecule has 3 nitrogen and oxygen atoms in total. The minimum absolute atomic E-state index is 0.224. The lowest BCUT2D eigenvalue weighted by Gasteiger charge is -2.01. The van der Waals surface area contributed by atoms with E-state index in [2.05, 4.69) is 17.2 Å². The molecule has 1 N–H and O–H groups in total. The summed E-state index contributed by atoms with van der Waals surface area (Å²) in [6.07, 6.45) is 1.68. The number of para-hydroxylation sites is 1. The van der Waals surface area contributed by atoms with Crippen LogP contribution < -0.4 is 4.68 Å². The molecule has 2 aromatic carbocycles. The van der Waals surface area contributed by atoms with Crippen molar-refractivity contribution in [3.63, 3.8) is 0 Å². The number of benzene rings is 2. The van der Waals surface area contributed by atoms with Crippen molar-refractivity contribution in [2.75, 3.05) is 0 Å². The van der Waals surface area contributed by atoms with Crippen LogP contribution in [-0.4, -0.2) is 11.3 Å². The van der Waals surface area contributed by atoms with Crippen molar-refractivity contribution in [1.82, 2.24) is 0 Å². The highest BCUT2D eigenvalue weighted by atomic mass is 16.3. The second-order valence-corrected chi connectivity index (χ2v) is 5.03. The molecule has 3 heteroatoms. The van der Waals surface area contributed by atoms with Gasteiger partial charge in [0.25, 0.3) is 0 Å². The standard InChI is InChI=1S/C19H16N2O/c1-15-8-7-12-18(16-9-3-2-4-10-16)21(15)20-14-17-11-5-6-13-19(17)22/h2-14H,1H3/p+1. The third kappa shape index (κ3) is 2.88. The molecule has 0 saturated carbocycles. The fourth-order valence-corrected chi connectivity index (χ4v) is 2.31. The number of nitrogens with zero attached hydrogens (tertiary/aromatic N) is 2. The second-order valence-electron chi connectivity index (χ2n) is 5.03. The summed E-state index contributed by atoms with van der Waals surface area (Å²) in [4.78, 5) is 0. The van der Waals surface area contributed by atoms with E-state index in [1.54, 1.807) is 18.3 Å². The molecule has 0 amide bonds. The molecule has 0 fully saturated rings. The van der Waals surface area contributed by atoms with Gasteiger partial charge in [-0.05, 0) is 40.1 Å². The Labute approximate surface area is 129 Å². The highest BCUT2D eigenvalue weighted by Gasteiger charge is 2.15. The van der Waals surface area contributed by atoms with Crippen LogP contribution in [0.15, 0.2) is 77.9 Å². The van der Waals surface area contributed by atoms with Crippen LogP contribution in [0.1, 0.15) is 11.3 Å². The Morgan fingerprint density at radius 2 is 1.59 bits per heavy atom. The van der Waals surface area contributed by atoms with Crippen molar-refractivity contribution in [2.24, 2.45) is 5.10 Å². The van der Waals surface area contributed by atoms with E-state index in [9.17, 15) is 5.11 Å². The molecule has 1 heterocycles. The van der Waals surface area contributed by atoms with Crippen LogP contribution >= 0.6 is 0 Å². The summed E-state index contributed by atoms with van der Waals surface area (Å²) in [5.41, 5.74) is 3.82. The number of hydrogen-bond donors (Lipinski definition) is 1. The van der Waals surface area contributed by atoms with E-state index in [0.717, 1.165) is 17.0 Å². The molecule has 0 aliphatic heterocycles. The van der Waals surface area contributed by atoms with Crippen LogP contribution in [0.25, 0.3) is 11.3 Å². The molecule has 0 aliphatic rings. The highest BCUT2D eigenvalue weighted by molar-refractivity contribution is 5.82. The van der Waals surface area contributed by atoms with Crippen molar-refractivity contribution in [3.8, 4) is 17.0 Å². The quantitative estimate of drug-likeness (QED) is 0.581. The van der Waals surface area contributed by atoms with Gasteiger partial charge < -0.3 is 5.11 Å². The predicted octanol–water partition coefficient (Wildman–Crippen LogP) is 3.54. The first-order valence-corrected chi connectivity index (χ1v) is 7.15. The van der Waals surface area contributed by atoms with Crippen molar-refractivity contribution in [2.45, 2.75) is 6.92 Å². The Morgan fingerprint density at radius 1 is 0.864 bits per heavy atom. The van der Waals surface area contributed by atoms with Crippen molar-refractivity contribution in [3.05, 3.63) is 84.1 Å². The molecule has 22 heavy (non-hydrogen) atoms. The SMILES string of the molecule is Cc1cccc(-c2ccccc2)[n+]1/N=C/c1ccccc1O. The Hall–Kier alpha value is -2.94. The van der Waals surface area contributed by atoms with Crippen LogP contribution in [0.2, 0.25) is 0 Å². The summed E-state index contributed by atoms with van der Waals surface area (Å²) in [6.45, 7) is 2.01. The first kappa shape index (κ1) is 14.0. The lowest BCUT2D eigenvalue weighted by molar-refractivity contribution is -0.673. The van der Waals surface area contributed by atoms with Gasteiger partial charge in [-0.2, -0.15) is 0 Å². The number of hydrogen-bond acceptors (Lipinski definition) is 2. The number of phenolic OH excluding ortho intramolecular Hbond substituents is 1. The Bertz CT molecular complexity index is 811. The normalized spacial score (nSPS) is 11.0. The predicted molar refractivity (Wildman–Crippen MR) is 87.9 cm³/mol. The number of aryl methyl sites for hydroxylation is 1. The van der Waals surface area contributed by atoms with Crippen LogP contribution in [0.4, 0.5) is 0 Å². The van der Waals surface area contributed by atoms with Gasteiger partial charge in [0.15, 0.2) is 0 Å². The van der Waals surface area contributed by atoms with Crippen molar-refractivity contribution < 1.29 is 9.78 Å². The van der Waals surface area contributed by atoms with E-state index in [4.69, 9.17) is 0 Å². The van der Waals surface area contributed by atoms with Gasteiger partial charge in [-0.25, -0.2) is 0 Å². The molecule has 3 rings (SSSR count). The first-order valence-electron chi connectivity index (χ1n) is 7.15. The number of aromatic nitrogens is 1. The first-order chi connectivity index (χ1) is 10.8. The zero-order valence-corrected chi connectivity index (χ0v) is 12.3. The molecule has 0 bridgehead atoms. The van der Waals surface area contributed by atoms with Crippen LogP contribution in [0, 0.1) is 6.92 Å². The maximum absolute atomic E-state index is 9.84. The summed E-state index contributed by atoms with van der Waals surface area (Å²) in [5, 5.41) is 14.4. The van der Waals surface area contributed by atoms with E-state index in [-0.39, 0.29) is 5.75 Å². The van der Waals surface area contributed by atoms with Crippen molar-refractivity contribution >= 4 is 6.21 Å². The molecule has 0 radical (unpaired) electrons. The lowest BCUT2D eigenvalue weighted by atomic mass is 10.1. The van der Waals surface area contributed by atoms with E-state index in [0.29, 0.717) is 5.56 Å². The second kappa shape index (κ2) is 6.22. The third-order valence-corrected chi connectivity index (χ3v) is 3.47.